The first kappa shape index (κ1) is 20.1. The smallest absolute Gasteiger partial charge is 0.349 e. The maximum atomic E-state index is 12.8. The first-order valence-corrected chi connectivity index (χ1v) is 9.95. The fourth-order valence-corrected chi connectivity index (χ4v) is 4.90. The summed E-state index contributed by atoms with van der Waals surface area (Å²) in [5, 5.41) is 5.01. The van der Waals surface area contributed by atoms with Gasteiger partial charge in [0, 0.05) is 0 Å². The number of fused-ring (bicyclic) bond motifs is 2. The van der Waals surface area contributed by atoms with E-state index in [-0.39, 0.29) is 12.1 Å². The number of alkyl halides is 3. The average molecular weight is 462 g/mol. The topological polar surface area (TPSA) is 74.0 Å². The van der Waals surface area contributed by atoms with Crippen LogP contribution in [0.2, 0.25) is 9.36 Å². The number of carbonyl (C=O) groups is 2. The van der Waals surface area contributed by atoms with Gasteiger partial charge in [0.25, 0.3) is 5.91 Å². The molecule has 0 spiro atoms. The number of hydrogen-bond donors (Lipinski definition) is 3. The number of nitrogens with one attached hydrogen (secondary N) is 3. The molecule has 0 fully saturated rings. The molecule has 0 unspecified atom stereocenters. The van der Waals surface area contributed by atoms with Crippen molar-refractivity contribution < 1.29 is 22.8 Å². The Morgan fingerprint density at radius 2 is 1.90 bits per heavy atom. The number of carbonyl (C=O) groups excluding carboxylic acids is 2. The monoisotopic (exact) mass is 461 g/mol. The van der Waals surface area contributed by atoms with E-state index in [4.69, 9.17) is 23.2 Å². The van der Waals surface area contributed by atoms with Crippen molar-refractivity contribution in [2.24, 2.45) is 0 Å². The summed E-state index contributed by atoms with van der Waals surface area (Å²) < 4.78 is 39.4. The maximum Gasteiger partial charge on any atom is 0.471 e. The zero-order valence-electron chi connectivity index (χ0n) is 14.4. The summed E-state index contributed by atoms with van der Waals surface area (Å²) >= 11 is 13.2. The van der Waals surface area contributed by atoms with E-state index in [1.807, 2.05) is 5.32 Å². The SMILES string of the molecule is O=C(N[C@@H]1Cc2ccccc2[C@@H]1NC(=O)C(F)(F)F)c1cc2sc(Cl)c(Cl)c2[nH]1. The largest absolute Gasteiger partial charge is 0.471 e. The third kappa shape index (κ3) is 3.70. The molecule has 0 aliphatic heterocycles. The standard InChI is InChI=1S/C18H12Cl2F3N3O2S/c19-12-14-11(29-15(12)20)6-10(24-14)16(27)25-9-5-7-3-1-2-4-8(7)13(9)26-17(28)18(21,22)23/h1-4,6,9,13,24H,5H2,(H,25,27)(H,26,28)/t9-,13+/m1/s1. The first-order chi connectivity index (χ1) is 13.6. The fraction of sp³-hybridized carbons (Fsp3) is 0.222. The predicted molar refractivity (Wildman–Crippen MR) is 105 cm³/mol. The van der Waals surface area contributed by atoms with Crippen molar-refractivity contribution in [2.45, 2.75) is 24.7 Å². The number of thiophene rings is 1. The Bertz CT molecular complexity index is 1130. The second kappa shape index (κ2) is 7.23. The third-order valence-corrected chi connectivity index (χ3v) is 6.64. The highest BCUT2D eigenvalue weighted by Gasteiger charge is 2.43. The molecule has 1 aromatic carbocycles. The molecule has 5 nitrogen and oxygen atoms in total. The van der Waals surface area contributed by atoms with Crippen molar-refractivity contribution in [2.75, 3.05) is 0 Å². The van der Waals surface area contributed by atoms with E-state index < -0.39 is 30.1 Å². The molecule has 4 rings (SSSR count). The summed E-state index contributed by atoms with van der Waals surface area (Å²) in [5.74, 6) is -2.58. The van der Waals surface area contributed by atoms with E-state index >= 15 is 0 Å². The van der Waals surface area contributed by atoms with Crippen LogP contribution < -0.4 is 10.6 Å². The van der Waals surface area contributed by atoms with Gasteiger partial charge < -0.3 is 15.6 Å². The van der Waals surface area contributed by atoms with Crippen LogP contribution in [0.3, 0.4) is 0 Å². The van der Waals surface area contributed by atoms with Gasteiger partial charge in [-0.1, -0.05) is 47.5 Å². The second-order valence-electron chi connectivity index (χ2n) is 6.54. The molecule has 11 heteroatoms. The van der Waals surface area contributed by atoms with Crippen molar-refractivity contribution in [3.8, 4) is 0 Å². The Balaban J connectivity index is 1.58. The molecule has 0 bridgehead atoms. The van der Waals surface area contributed by atoms with Crippen LogP contribution in [-0.4, -0.2) is 29.0 Å². The highest BCUT2D eigenvalue weighted by Crippen LogP contribution is 2.39. The predicted octanol–water partition coefficient (Wildman–Crippen LogP) is 4.61. The van der Waals surface area contributed by atoms with Gasteiger partial charge in [-0.2, -0.15) is 13.2 Å². The van der Waals surface area contributed by atoms with Gasteiger partial charge >= 0.3 is 12.1 Å². The number of halogens is 5. The van der Waals surface area contributed by atoms with Gasteiger partial charge in [0.2, 0.25) is 0 Å². The molecule has 29 heavy (non-hydrogen) atoms. The molecule has 0 saturated heterocycles. The normalized spacial score (nSPS) is 18.7. The van der Waals surface area contributed by atoms with E-state index in [1.54, 1.807) is 30.3 Å². The molecule has 1 aliphatic rings. The summed E-state index contributed by atoms with van der Waals surface area (Å²) in [6.45, 7) is 0. The highest BCUT2D eigenvalue weighted by molar-refractivity contribution is 7.23. The van der Waals surface area contributed by atoms with Gasteiger partial charge in [-0.25, -0.2) is 0 Å². The number of hydrogen-bond acceptors (Lipinski definition) is 3. The van der Waals surface area contributed by atoms with Crippen LogP contribution in [0.4, 0.5) is 13.2 Å². The van der Waals surface area contributed by atoms with Crippen LogP contribution in [0.1, 0.15) is 27.7 Å². The van der Waals surface area contributed by atoms with Crippen molar-refractivity contribution in [3.05, 3.63) is 56.5 Å². The third-order valence-electron chi connectivity index (χ3n) is 4.71. The fourth-order valence-electron chi connectivity index (χ4n) is 3.42. The number of aromatic nitrogens is 1. The zero-order valence-corrected chi connectivity index (χ0v) is 16.7. The minimum atomic E-state index is -5.02. The van der Waals surface area contributed by atoms with E-state index in [0.29, 0.717) is 25.1 Å². The number of amides is 2. The van der Waals surface area contributed by atoms with E-state index in [2.05, 4.69) is 10.3 Å². The molecular formula is C18H12Cl2F3N3O2S. The minimum Gasteiger partial charge on any atom is -0.349 e. The van der Waals surface area contributed by atoms with Crippen LogP contribution in [0.15, 0.2) is 30.3 Å². The molecule has 3 N–H and O–H groups in total. The lowest BCUT2D eigenvalue weighted by Crippen LogP contribution is -2.47. The summed E-state index contributed by atoms with van der Waals surface area (Å²) in [7, 11) is 0. The van der Waals surface area contributed by atoms with Crippen LogP contribution >= 0.6 is 34.5 Å². The van der Waals surface area contributed by atoms with E-state index in [1.165, 1.54) is 11.3 Å². The summed E-state index contributed by atoms with van der Waals surface area (Å²) in [6, 6.07) is 6.62. The van der Waals surface area contributed by atoms with Crippen molar-refractivity contribution in [1.29, 1.82) is 0 Å². The Labute approximate surface area is 176 Å². The quantitative estimate of drug-likeness (QED) is 0.532. The van der Waals surface area contributed by atoms with Crippen LogP contribution in [0.25, 0.3) is 10.2 Å². The van der Waals surface area contributed by atoms with Gasteiger partial charge in [0.1, 0.15) is 10.0 Å². The van der Waals surface area contributed by atoms with Gasteiger partial charge in [0.05, 0.1) is 27.3 Å². The molecule has 2 atom stereocenters. The van der Waals surface area contributed by atoms with E-state index in [9.17, 15) is 22.8 Å². The van der Waals surface area contributed by atoms with Crippen LogP contribution in [-0.2, 0) is 11.2 Å². The summed E-state index contributed by atoms with van der Waals surface area (Å²) in [5.41, 5.74) is 2.01. The first-order valence-electron chi connectivity index (χ1n) is 8.38. The molecular weight excluding hydrogens is 450 g/mol. The molecule has 1 aliphatic carbocycles. The van der Waals surface area contributed by atoms with Crippen molar-refractivity contribution in [3.63, 3.8) is 0 Å². The Morgan fingerprint density at radius 1 is 1.17 bits per heavy atom. The number of H-pyrrole nitrogens is 1. The van der Waals surface area contributed by atoms with Crippen LogP contribution in [0.5, 0.6) is 0 Å². The lowest BCUT2D eigenvalue weighted by molar-refractivity contribution is -0.174. The van der Waals surface area contributed by atoms with E-state index in [0.717, 1.165) is 5.56 Å². The molecule has 2 amide bonds. The number of benzene rings is 1. The lowest BCUT2D eigenvalue weighted by atomic mass is 10.1. The Kier molecular flexibility index (Phi) is 5.00. The Morgan fingerprint density at radius 3 is 2.59 bits per heavy atom. The highest BCUT2D eigenvalue weighted by atomic mass is 35.5. The number of rotatable bonds is 3. The summed E-state index contributed by atoms with van der Waals surface area (Å²) in [6.07, 6.45) is -4.74. The van der Waals surface area contributed by atoms with Gasteiger partial charge in [-0.3, -0.25) is 9.59 Å². The molecule has 0 radical (unpaired) electrons. The molecule has 2 aromatic heterocycles. The van der Waals surface area contributed by atoms with Gasteiger partial charge in [-0.05, 0) is 23.6 Å². The summed E-state index contributed by atoms with van der Waals surface area (Å²) in [4.78, 5) is 27.1. The van der Waals surface area contributed by atoms with Gasteiger partial charge in [0.15, 0.2) is 0 Å². The lowest BCUT2D eigenvalue weighted by Gasteiger charge is -2.23. The second-order valence-corrected chi connectivity index (χ2v) is 8.58. The van der Waals surface area contributed by atoms with Crippen LogP contribution in [0, 0.1) is 0 Å². The Hall–Kier alpha value is -2.23. The van der Waals surface area contributed by atoms with Gasteiger partial charge in [-0.15, -0.1) is 11.3 Å². The number of aromatic amines is 1. The molecule has 3 aromatic rings. The minimum absolute atomic E-state index is 0.196. The zero-order chi connectivity index (χ0) is 20.9. The molecule has 0 saturated carbocycles. The maximum absolute atomic E-state index is 12.8. The van der Waals surface area contributed by atoms with Crippen molar-refractivity contribution in [1.82, 2.24) is 15.6 Å². The van der Waals surface area contributed by atoms with Crippen molar-refractivity contribution >= 4 is 56.6 Å². The molecule has 2 heterocycles. The average Bonchev–Trinajstić information content (AvgIpc) is 3.29. The molecule has 152 valence electrons.